The van der Waals surface area contributed by atoms with Gasteiger partial charge in [0.05, 0.1) is 12.1 Å². The number of nitrogens with zero attached hydrogens (tertiary/aromatic N) is 1. The second kappa shape index (κ2) is 21.1. The molecule has 3 atom stereocenters. The fraction of sp³-hybridized carbons (Fsp3) is 0.405. The molecule has 0 radical (unpaired) electrons. The smallest absolute Gasteiger partial charge is 0.408 e. The summed E-state index contributed by atoms with van der Waals surface area (Å²) in [5, 5.41) is 10.6. The molecule has 5 amide bonds. The van der Waals surface area contributed by atoms with E-state index in [1.165, 1.54) is 4.90 Å². The number of carbonyl (C=O) groups is 7. The van der Waals surface area contributed by atoms with Gasteiger partial charge >= 0.3 is 6.09 Å². The van der Waals surface area contributed by atoms with E-state index >= 15 is 0 Å². The molecule has 3 aromatic carbocycles. The topological polar surface area (TPSA) is 180 Å². The zero-order valence-corrected chi connectivity index (χ0v) is 31.7. The van der Waals surface area contributed by atoms with E-state index in [0.29, 0.717) is 37.9 Å². The highest BCUT2D eigenvalue weighted by Gasteiger charge is 2.34. The summed E-state index contributed by atoms with van der Waals surface area (Å²) in [5.41, 5.74) is 3.05. The summed E-state index contributed by atoms with van der Waals surface area (Å²) < 4.78 is 5.16. The summed E-state index contributed by atoms with van der Waals surface area (Å²) in [5.74, 6) is -3.51. The fourth-order valence-corrected chi connectivity index (χ4v) is 6.26. The zero-order chi connectivity index (χ0) is 39.7. The first-order valence-electron chi connectivity index (χ1n) is 18.8. The Bertz CT molecular complexity index is 1800. The van der Waals surface area contributed by atoms with Gasteiger partial charge in [0, 0.05) is 25.7 Å². The third kappa shape index (κ3) is 12.6. The summed E-state index contributed by atoms with van der Waals surface area (Å²) in [7, 11) is 1.56. The van der Waals surface area contributed by atoms with E-state index in [2.05, 4.69) is 21.3 Å². The second-order valence-electron chi connectivity index (χ2n) is 14.0. The Kier molecular flexibility index (Phi) is 16.1. The molecule has 2 aliphatic heterocycles. The average Bonchev–Trinajstić information content (AvgIpc) is 3.31. The van der Waals surface area contributed by atoms with Crippen LogP contribution in [0.3, 0.4) is 0 Å². The van der Waals surface area contributed by atoms with Crippen LogP contribution < -0.4 is 21.3 Å². The van der Waals surface area contributed by atoms with Crippen LogP contribution in [0.2, 0.25) is 0 Å². The number of hydrogen-bond acceptors (Lipinski definition) is 8. The number of likely N-dealkylation sites (tertiary alicyclic amines) is 1. The number of hydrogen-bond donors (Lipinski definition) is 4. The SMILES string of the molecule is CC(C)C(NC(=O)OCc1ccccc1)C(=O)NC1CCCN(C)C(=O)C1=O.O=C1NCCCCCC[C@H](NC(=O)c2ccccc2-c2ccccc2)C1=O. The molecule has 2 unspecified atom stereocenters. The van der Waals surface area contributed by atoms with Crippen molar-refractivity contribution in [2.45, 2.75) is 83.5 Å². The van der Waals surface area contributed by atoms with Crippen LogP contribution in [0.1, 0.15) is 74.7 Å². The first kappa shape index (κ1) is 41.9. The largest absolute Gasteiger partial charge is 0.445 e. The number of nitrogens with one attached hydrogen (secondary N) is 4. The highest BCUT2D eigenvalue weighted by Crippen LogP contribution is 2.24. The van der Waals surface area contributed by atoms with Crippen molar-refractivity contribution in [2.75, 3.05) is 20.1 Å². The normalized spacial score (nSPS) is 18.4. The number of benzene rings is 3. The minimum atomic E-state index is -0.882. The van der Waals surface area contributed by atoms with Crippen LogP contribution in [-0.4, -0.2) is 84.5 Å². The molecule has 2 fully saturated rings. The molecule has 0 saturated carbocycles. The van der Waals surface area contributed by atoms with Crippen molar-refractivity contribution in [3.8, 4) is 11.1 Å². The molecule has 13 heteroatoms. The summed E-state index contributed by atoms with van der Waals surface area (Å²) in [6, 6.07) is 23.5. The van der Waals surface area contributed by atoms with Crippen molar-refractivity contribution < 1.29 is 38.3 Å². The monoisotopic (exact) mass is 753 g/mol. The van der Waals surface area contributed by atoms with E-state index in [1.54, 1.807) is 33.0 Å². The molecule has 4 N–H and O–H groups in total. The molecule has 2 saturated heterocycles. The predicted octanol–water partition coefficient (Wildman–Crippen LogP) is 4.34. The summed E-state index contributed by atoms with van der Waals surface area (Å²) in [4.78, 5) is 87.7. The van der Waals surface area contributed by atoms with Gasteiger partial charge in [0.1, 0.15) is 12.6 Å². The Balaban J connectivity index is 0.000000245. The molecule has 0 bridgehead atoms. The number of Topliss-reactive ketones (excluding diaryl/α,β-unsaturated/α-hetero) is 2. The van der Waals surface area contributed by atoms with E-state index in [4.69, 9.17) is 4.74 Å². The maximum atomic E-state index is 12.9. The lowest BCUT2D eigenvalue weighted by Gasteiger charge is -2.24. The van der Waals surface area contributed by atoms with Crippen molar-refractivity contribution in [3.63, 3.8) is 0 Å². The summed E-state index contributed by atoms with van der Waals surface area (Å²) >= 11 is 0. The lowest BCUT2D eigenvalue weighted by molar-refractivity contribution is -0.144. The molecule has 2 heterocycles. The predicted molar refractivity (Wildman–Crippen MR) is 206 cm³/mol. The molecular weight excluding hydrogens is 702 g/mol. The van der Waals surface area contributed by atoms with Gasteiger partial charge in [-0.3, -0.25) is 28.8 Å². The standard InChI is InChI=1S/C22H24N2O3.C20H27N3O5/c25-20-19(14-6-1-2-9-15-23-22(20)27)24-21(26)18-13-8-7-12-17(18)16-10-4-3-5-11-16;1-13(2)16(22-20(27)28-12-14-8-5-4-6-9-14)18(25)21-15-10-7-11-23(3)19(26)17(15)24/h3-5,7-8,10-13,19H,1-2,6,9,14-15H2,(H,23,27)(H,24,26);4-6,8-9,13,15-16H,7,10-12H2,1-3H3,(H,21,25)(H,22,27)/t19-;/m0./s1. The number of ether oxygens (including phenoxy) is 1. The van der Waals surface area contributed by atoms with Gasteiger partial charge in [-0.25, -0.2) is 4.79 Å². The number of amides is 5. The van der Waals surface area contributed by atoms with Gasteiger partial charge in [-0.15, -0.1) is 0 Å². The third-order valence-corrected chi connectivity index (χ3v) is 9.42. The van der Waals surface area contributed by atoms with E-state index < -0.39 is 53.5 Å². The average molecular weight is 754 g/mol. The summed E-state index contributed by atoms with van der Waals surface area (Å²) in [6.07, 6.45) is 4.42. The van der Waals surface area contributed by atoms with Gasteiger partial charge in [-0.05, 0) is 54.4 Å². The van der Waals surface area contributed by atoms with Crippen molar-refractivity contribution in [2.24, 2.45) is 5.92 Å². The van der Waals surface area contributed by atoms with Crippen LogP contribution in [0.4, 0.5) is 4.79 Å². The minimum absolute atomic E-state index is 0.0844. The maximum Gasteiger partial charge on any atom is 0.408 e. The molecule has 0 aliphatic carbocycles. The molecule has 2 aliphatic rings. The number of likely N-dealkylation sites (N-methyl/N-ethyl adjacent to an activating group) is 1. The number of carbonyl (C=O) groups excluding carboxylic acids is 7. The Morgan fingerprint density at radius 2 is 1.38 bits per heavy atom. The van der Waals surface area contributed by atoms with E-state index in [-0.39, 0.29) is 18.4 Å². The maximum absolute atomic E-state index is 12.9. The first-order valence-corrected chi connectivity index (χ1v) is 18.8. The lowest BCUT2D eigenvalue weighted by atomic mass is 9.97. The Labute approximate surface area is 322 Å². The lowest BCUT2D eigenvalue weighted by Crippen LogP contribution is -2.54. The number of rotatable bonds is 9. The molecule has 0 aromatic heterocycles. The summed E-state index contributed by atoms with van der Waals surface area (Å²) in [6.45, 7) is 4.60. The van der Waals surface area contributed by atoms with Gasteiger partial charge in [0.25, 0.3) is 17.7 Å². The van der Waals surface area contributed by atoms with Crippen LogP contribution in [-0.2, 0) is 35.3 Å². The highest BCUT2D eigenvalue weighted by atomic mass is 16.5. The van der Waals surface area contributed by atoms with Crippen molar-refractivity contribution in [3.05, 3.63) is 96.1 Å². The van der Waals surface area contributed by atoms with Gasteiger partial charge in [0.15, 0.2) is 0 Å². The van der Waals surface area contributed by atoms with Crippen molar-refractivity contribution in [1.29, 1.82) is 0 Å². The third-order valence-electron chi connectivity index (χ3n) is 9.42. The zero-order valence-electron chi connectivity index (χ0n) is 31.7. The second-order valence-corrected chi connectivity index (χ2v) is 14.0. The van der Waals surface area contributed by atoms with E-state index in [9.17, 15) is 33.6 Å². The quantitative estimate of drug-likeness (QED) is 0.233. The number of ketones is 2. The van der Waals surface area contributed by atoms with Crippen LogP contribution in [0.15, 0.2) is 84.9 Å². The Morgan fingerprint density at radius 3 is 2.09 bits per heavy atom. The van der Waals surface area contributed by atoms with Gasteiger partial charge < -0.3 is 30.9 Å². The first-order chi connectivity index (χ1) is 26.5. The van der Waals surface area contributed by atoms with E-state index in [1.807, 2.05) is 72.8 Å². The van der Waals surface area contributed by atoms with Crippen LogP contribution in [0.25, 0.3) is 11.1 Å². The van der Waals surface area contributed by atoms with Crippen molar-refractivity contribution in [1.82, 2.24) is 26.2 Å². The highest BCUT2D eigenvalue weighted by molar-refractivity contribution is 6.39. The van der Waals surface area contributed by atoms with Gasteiger partial charge in [-0.1, -0.05) is 112 Å². The molecular formula is C42H51N5O8. The molecule has 0 spiro atoms. The number of alkyl carbamates (subject to hydrolysis) is 1. The van der Waals surface area contributed by atoms with Crippen LogP contribution >= 0.6 is 0 Å². The van der Waals surface area contributed by atoms with Gasteiger partial charge in [-0.2, -0.15) is 0 Å². The van der Waals surface area contributed by atoms with Crippen LogP contribution in [0.5, 0.6) is 0 Å². The molecule has 3 aromatic rings. The Hall–Kier alpha value is -5.85. The van der Waals surface area contributed by atoms with E-state index in [0.717, 1.165) is 42.4 Å². The molecule has 55 heavy (non-hydrogen) atoms. The molecule has 13 nitrogen and oxygen atoms in total. The van der Waals surface area contributed by atoms with Crippen LogP contribution in [0, 0.1) is 5.92 Å². The minimum Gasteiger partial charge on any atom is -0.445 e. The fourth-order valence-electron chi connectivity index (χ4n) is 6.26. The van der Waals surface area contributed by atoms with Crippen molar-refractivity contribution >= 4 is 41.3 Å². The van der Waals surface area contributed by atoms with Gasteiger partial charge in [0.2, 0.25) is 17.5 Å². The molecule has 292 valence electrons. The molecule has 5 rings (SSSR count). The Morgan fingerprint density at radius 1 is 0.764 bits per heavy atom.